The van der Waals surface area contributed by atoms with Crippen molar-refractivity contribution in [3.8, 4) is 44.8 Å². The van der Waals surface area contributed by atoms with E-state index in [4.69, 9.17) is 9.47 Å². The van der Waals surface area contributed by atoms with Crippen molar-refractivity contribution < 1.29 is 50.2 Å². The summed E-state index contributed by atoms with van der Waals surface area (Å²) < 4.78 is 109. The molecule has 3 aliphatic heterocycles. The monoisotopic (exact) mass is 951 g/mol. The van der Waals surface area contributed by atoms with Gasteiger partial charge >= 0.3 is 23.7 Å². The number of benzene rings is 1. The maximum atomic E-state index is 16.5. The number of imide groups is 1. The molecule has 4 atom stereocenters. The number of rotatable bonds is 9. The summed E-state index contributed by atoms with van der Waals surface area (Å²) in [6.45, 7) is 0. The summed E-state index contributed by atoms with van der Waals surface area (Å²) >= 11 is 6.60. The van der Waals surface area contributed by atoms with Crippen molar-refractivity contribution in [3.63, 3.8) is 0 Å². The van der Waals surface area contributed by atoms with E-state index in [0.29, 0.717) is 30.1 Å². The van der Waals surface area contributed by atoms with Crippen LogP contribution < -0.4 is 9.64 Å². The Morgan fingerprint density at radius 2 is 1.10 bits per heavy atom. The molecule has 2 bridgehead atoms. The third-order valence-corrected chi connectivity index (χ3v) is 17.9. The highest BCUT2D eigenvalue weighted by molar-refractivity contribution is 7.27. The number of amides is 2. The Bertz CT molecular complexity index is 2970. The van der Waals surface area contributed by atoms with E-state index in [1.807, 2.05) is 0 Å². The molecule has 6 aromatic heterocycles. The fraction of sp³-hybridized carbons (Fsp3) is 0.159. The number of nitrogens with zero attached hydrogens (tertiary/aromatic N) is 1. The average molecular weight is 952 g/mol. The number of thiophene rings is 6. The predicted molar refractivity (Wildman–Crippen MR) is 232 cm³/mol. The predicted octanol–water partition coefficient (Wildman–Crippen LogP) is 13.2. The second-order valence-corrected chi connectivity index (χ2v) is 20.7. The molecule has 4 aliphatic rings. The second kappa shape index (κ2) is 14.3. The minimum absolute atomic E-state index is 0.0923. The van der Waals surface area contributed by atoms with Crippen LogP contribution in [0.15, 0.2) is 113 Å². The van der Waals surface area contributed by atoms with Crippen LogP contribution in [-0.2, 0) is 14.3 Å². The Balaban J connectivity index is 0.950. The zero-order valence-corrected chi connectivity index (χ0v) is 35.9. The number of anilines is 1. The maximum Gasteiger partial charge on any atom is 0.380 e. The van der Waals surface area contributed by atoms with Crippen LogP contribution in [0.5, 0.6) is 5.75 Å². The first-order valence-corrected chi connectivity index (χ1v) is 23.8. The van der Waals surface area contributed by atoms with Crippen molar-refractivity contribution >= 4 is 103 Å². The topological polar surface area (TPSA) is 72.9 Å². The number of esters is 1. The molecule has 9 heterocycles. The Morgan fingerprint density at radius 1 is 0.597 bits per heavy atom. The summed E-state index contributed by atoms with van der Waals surface area (Å²) in [5, 5.41) is 5.13. The molecule has 2 saturated heterocycles. The SMILES string of the molecule is O=C(Oc1ccc(N2C(=O)C3C4C=CC(O4)C3C2=O)cc1)c1ccc(-c2cc(C3=C(c4cc(-c5cccs5)sc4-c4cccs4)C(F)(F)C(F)(F)C3(F)F)c(-c3cccs3)s2)s1. The standard InChI is InChI=1S/C44H23F6NO5S6/c45-42(46)35(22-18-31(26-4-1-15-57-26)61-37(22)28-5-2-16-58-28)36(43(47,48)44(42,49)50)23-19-32(62-38(23)29-6-3-17-59-29)27-13-14-30(60-27)41(54)55-21-9-7-20(8-10-21)51-39(52)33-24-11-12-25(56-24)34(33)40(51)53/h1-19,24-25,33-34H. The molecule has 6 nitrogen and oxygen atoms in total. The van der Waals surface area contributed by atoms with Crippen LogP contribution >= 0.6 is 68.0 Å². The Labute approximate surface area is 371 Å². The summed E-state index contributed by atoms with van der Waals surface area (Å²) in [6, 6.07) is 21.4. The van der Waals surface area contributed by atoms with Crippen molar-refractivity contribution in [2.24, 2.45) is 11.8 Å². The van der Waals surface area contributed by atoms with E-state index >= 15 is 26.3 Å². The lowest BCUT2D eigenvalue weighted by molar-refractivity contribution is -0.254. The van der Waals surface area contributed by atoms with Gasteiger partial charge in [-0.05, 0) is 82.9 Å². The number of carbonyl (C=O) groups excluding carboxylic acids is 3. The van der Waals surface area contributed by atoms with Crippen molar-refractivity contribution in [1.82, 2.24) is 0 Å². The molecule has 18 heteroatoms. The zero-order chi connectivity index (χ0) is 42.9. The Kier molecular flexibility index (Phi) is 9.18. The molecule has 62 heavy (non-hydrogen) atoms. The van der Waals surface area contributed by atoms with Crippen LogP contribution in [0.4, 0.5) is 32.0 Å². The number of halogens is 6. The molecule has 7 aromatic rings. The molecular formula is C44H23F6NO5S6. The largest absolute Gasteiger partial charge is 0.422 e. The molecule has 2 fully saturated rings. The van der Waals surface area contributed by atoms with Crippen molar-refractivity contribution in [2.75, 3.05) is 4.90 Å². The van der Waals surface area contributed by atoms with Crippen LogP contribution in [0.3, 0.4) is 0 Å². The first kappa shape index (κ1) is 39.9. The fourth-order valence-electron chi connectivity index (χ4n) is 8.39. The number of hydrogen-bond acceptors (Lipinski definition) is 11. The zero-order valence-electron chi connectivity index (χ0n) is 31.0. The highest BCUT2D eigenvalue weighted by Gasteiger charge is 2.80. The van der Waals surface area contributed by atoms with Crippen LogP contribution in [0, 0.1) is 11.8 Å². The normalized spacial score (nSPS) is 23.0. The fourth-order valence-corrected chi connectivity index (χ4v) is 14.2. The summed E-state index contributed by atoms with van der Waals surface area (Å²) in [5.41, 5.74) is -3.43. The number of ether oxygens (including phenoxy) is 2. The van der Waals surface area contributed by atoms with Gasteiger partial charge in [-0.3, -0.25) is 9.59 Å². The van der Waals surface area contributed by atoms with Crippen molar-refractivity contribution in [2.45, 2.75) is 30.0 Å². The van der Waals surface area contributed by atoms with Gasteiger partial charge in [0.05, 0.1) is 39.5 Å². The van der Waals surface area contributed by atoms with Gasteiger partial charge in [0.1, 0.15) is 10.6 Å². The van der Waals surface area contributed by atoms with Gasteiger partial charge in [0.25, 0.3) is 0 Å². The number of fused-ring (bicyclic) bond motifs is 5. The quantitative estimate of drug-likeness (QED) is 0.0474. The molecule has 0 saturated carbocycles. The Morgan fingerprint density at radius 3 is 1.60 bits per heavy atom. The summed E-state index contributed by atoms with van der Waals surface area (Å²) in [5.74, 6) is -18.9. The highest BCUT2D eigenvalue weighted by Crippen LogP contribution is 2.67. The molecule has 11 rings (SSSR count). The molecular weight excluding hydrogens is 929 g/mol. The number of carbonyl (C=O) groups is 3. The third-order valence-electron chi connectivity index (χ3n) is 11.2. The van der Waals surface area contributed by atoms with Gasteiger partial charge in [-0.15, -0.1) is 68.0 Å². The van der Waals surface area contributed by atoms with Gasteiger partial charge in [0.15, 0.2) is 0 Å². The van der Waals surface area contributed by atoms with E-state index in [9.17, 15) is 14.4 Å². The number of hydrogen-bond donors (Lipinski definition) is 0. The van der Waals surface area contributed by atoms with Gasteiger partial charge in [-0.2, -0.15) is 26.3 Å². The first-order valence-electron chi connectivity index (χ1n) is 18.7. The lowest BCUT2D eigenvalue weighted by Crippen LogP contribution is -2.48. The molecule has 4 unspecified atom stereocenters. The minimum Gasteiger partial charge on any atom is -0.422 e. The van der Waals surface area contributed by atoms with E-state index in [1.165, 1.54) is 71.2 Å². The lowest BCUT2D eigenvalue weighted by atomic mass is 9.85. The van der Waals surface area contributed by atoms with Crippen LogP contribution in [0.1, 0.15) is 20.8 Å². The molecule has 1 aromatic carbocycles. The van der Waals surface area contributed by atoms with Crippen molar-refractivity contribution in [1.29, 1.82) is 0 Å². The number of alkyl halides is 6. The molecule has 312 valence electrons. The molecule has 0 radical (unpaired) electrons. The Hall–Kier alpha value is -4.95. The second-order valence-electron chi connectivity index (χ2n) is 14.7. The minimum atomic E-state index is -5.78. The van der Waals surface area contributed by atoms with Crippen molar-refractivity contribution in [3.05, 3.63) is 129 Å². The molecule has 0 N–H and O–H groups in total. The van der Waals surface area contributed by atoms with Gasteiger partial charge in [0.2, 0.25) is 11.8 Å². The summed E-state index contributed by atoms with van der Waals surface area (Å²) in [7, 11) is 0. The van der Waals surface area contributed by atoms with E-state index in [0.717, 1.165) is 50.2 Å². The van der Waals surface area contributed by atoms with Gasteiger partial charge in [-0.1, -0.05) is 30.4 Å². The van der Waals surface area contributed by atoms with E-state index < -0.39 is 70.1 Å². The summed E-state index contributed by atoms with van der Waals surface area (Å²) in [6.07, 6.45) is 2.69. The highest BCUT2D eigenvalue weighted by atomic mass is 32.1. The van der Waals surface area contributed by atoms with Gasteiger partial charge in [-0.25, -0.2) is 9.69 Å². The molecule has 2 amide bonds. The smallest absolute Gasteiger partial charge is 0.380 e. The number of allylic oxidation sites excluding steroid dienone is 2. The van der Waals surface area contributed by atoms with E-state index in [2.05, 4.69) is 0 Å². The molecule has 0 spiro atoms. The van der Waals surface area contributed by atoms with Gasteiger partial charge < -0.3 is 9.47 Å². The average Bonchev–Trinajstić information content (AvgIpc) is 4.10. The first-order chi connectivity index (χ1) is 29.7. The van der Waals surface area contributed by atoms with E-state index in [-0.39, 0.29) is 37.1 Å². The van der Waals surface area contributed by atoms with E-state index in [1.54, 1.807) is 64.7 Å². The molecule has 1 aliphatic carbocycles. The third kappa shape index (κ3) is 5.83. The van der Waals surface area contributed by atoms with Crippen LogP contribution in [-0.4, -0.2) is 47.8 Å². The van der Waals surface area contributed by atoms with Crippen LogP contribution in [0.2, 0.25) is 0 Å². The maximum absolute atomic E-state index is 16.5. The van der Waals surface area contributed by atoms with Crippen LogP contribution in [0.25, 0.3) is 50.2 Å². The lowest BCUT2D eigenvalue weighted by Gasteiger charge is -2.25. The van der Waals surface area contributed by atoms with Gasteiger partial charge in [0, 0.05) is 51.5 Å². The summed E-state index contributed by atoms with van der Waals surface area (Å²) in [4.78, 5) is 43.9.